The predicted molar refractivity (Wildman–Crippen MR) is 85.1 cm³/mol. The third-order valence-corrected chi connectivity index (χ3v) is 4.18. The van der Waals surface area contributed by atoms with Crippen LogP contribution in [0.5, 0.6) is 0 Å². The molecule has 0 saturated carbocycles. The minimum atomic E-state index is -0.561. The van der Waals surface area contributed by atoms with E-state index in [9.17, 15) is 8.78 Å². The van der Waals surface area contributed by atoms with Crippen LogP contribution in [0.1, 0.15) is 11.3 Å². The normalized spacial score (nSPS) is 13.4. The van der Waals surface area contributed by atoms with Gasteiger partial charge in [-0.05, 0) is 41.3 Å². The van der Waals surface area contributed by atoms with Gasteiger partial charge in [0.1, 0.15) is 11.6 Å². The van der Waals surface area contributed by atoms with Crippen molar-refractivity contribution in [1.29, 1.82) is 0 Å². The number of anilines is 1. The molecular weight excluding hydrogens is 296 g/mol. The van der Waals surface area contributed by atoms with Crippen LogP contribution in [0, 0.1) is 11.6 Å². The number of aromatic nitrogens is 2. The summed E-state index contributed by atoms with van der Waals surface area (Å²) in [5, 5.41) is 0. The Kier molecular flexibility index (Phi) is 3.33. The molecule has 1 aliphatic rings. The summed E-state index contributed by atoms with van der Waals surface area (Å²) in [6, 6.07) is 9.57. The second kappa shape index (κ2) is 5.50. The lowest BCUT2D eigenvalue weighted by Crippen LogP contribution is -2.19. The zero-order chi connectivity index (χ0) is 15.8. The first-order valence-corrected chi connectivity index (χ1v) is 7.51. The van der Waals surface area contributed by atoms with E-state index in [1.54, 1.807) is 6.33 Å². The average Bonchev–Trinajstić information content (AvgIpc) is 3.16. The van der Waals surface area contributed by atoms with Gasteiger partial charge in [-0.25, -0.2) is 13.8 Å². The summed E-state index contributed by atoms with van der Waals surface area (Å²) < 4.78 is 26.9. The molecule has 2 heterocycles. The first kappa shape index (κ1) is 13.9. The molecule has 23 heavy (non-hydrogen) atoms. The first-order chi connectivity index (χ1) is 11.2. The van der Waals surface area contributed by atoms with Crippen molar-refractivity contribution in [3.05, 3.63) is 71.8 Å². The molecule has 1 aromatic heterocycles. The molecule has 3 nitrogen and oxygen atoms in total. The number of fused-ring (bicyclic) bond motifs is 1. The first-order valence-electron chi connectivity index (χ1n) is 7.51. The van der Waals surface area contributed by atoms with Crippen molar-refractivity contribution in [3.63, 3.8) is 0 Å². The van der Waals surface area contributed by atoms with Gasteiger partial charge >= 0.3 is 0 Å². The van der Waals surface area contributed by atoms with E-state index in [2.05, 4.69) is 14.9 Å². The van der Waals surface area contributed by atoms with Gasteiger partial charge in [0.15, 0.2) is 0 Å². The maximum Gasteiger partial charge on any atom is 0.126 e. The Bertz CT molecular complexity index is 823. The van der Waals surface area contributed by atoms with E-state index < -0.39 is 11.6 Å². The van der Waals surface area contributed by atoms with Gasteiger partial charge in [-0.15, -0.1) is 0 Å². The number of hydrogen-bond acceptors (Lipinski definition) is 2. The molecule has 2 aromatic carbocycles. The second-order valence-electron chi connectivity index (χ2n) is 5.73. The Morgan fingerprint density at radius 2 is 1.87 bits per heavy atom. The molecular formula is C18H15F2N3. The Balaban J connectivity index is 1.69. The number of imidazole rings is 1. The Hall–Kier alpha value is -2.69. The number of hydrogen-bond donors (Lipinski definition) is 1. The quantitative estimate of drug-likeness (QED) is 0.795. The van der Waals surface area contributed by atoms with E-state index in [0.29, 0.717) is 5.56 Å². The van der Waals surface area contributed by atoms with Crippen LogP contribution >= 0.6 is 0 Å². The van der Waals surface area contributed by atoms with E-state index in [4.69, 9.17) is 0 Å². The summed E-state index contributed by atoms with van der Waals surface area (Å²) >= 11 is 0. The fraction of sp³-hybridized carbons (Fsp3) is 0.167. The van der Waals surface area contributed by atoms with Gasteiger partial charge in [0, 0.05) is 24.5 Å². The molecule has 0 aliphatic carbocycles. The van der Waals surface area contributed by atoms with Crippen molar-refractivity contribution in [1.82, 2.24) is 9.97 Å². The van der Waals surface area contributed by atoms with Crippen molar-refractivity contribution in [2.45, 2.75) is 13.0 Å². The molecule has 0 radical (unpaired) electrons. The molecule has 0 unspecified atom stereocenters. The van der Waals surface area contributed by atoms with Crippen molar-refractivity contribution in [2.75, 3.05) is 11.4 Å². The van der Waals surface area contributed by atoms with Crippen molar-refractivity contribution < 1.29 is 8.78 Å². The fourth-order valence-electron chi connectivity index (χ4n) is 3.08. The molecule has 0 fully saturated rings. The summed E-state index contributed by atoms with van der Waals surface area (Å²) in [5.74, 6) is -1.12. The number of rotatable bonds is 3. The van der Waals surface area contributed by atoms with Crippen LogP contribution in [-0.4, -0.2) is 16.5 Å². The molecule has 1 N–H and O–H groups in total. The van der Waals surface area contributed by atoms with E-state index >= 15 is 0 Å². The van der Waals surface area contributed by atoms with Crippen molar-refractivity contribution in [3.8, 4) is 11.1 Å². The summed E-state index contributed by atoms with van der Waals surface area (Å²) in [5.41, 5.74) is 4.70. The number of H-pyrrole nitrogens is 1. The van der Waals surface area contributed by atoms with Crippen LogP contribution in [0.3, 0.4) is 0 Å². The van der Waals surface area contributed by atoms with Gasteiger partial charge in [-0.3, -0.25) is 0 Å². The SMILES string of the molecule is Fc1cc(F)cc(-c2ccc3c(c2)N(Cc2c[nH]cn2)CC3)c1. The lowest BCUT2D eigenvalue weighted by molar-refractivity contribution is 0.584. The third kappa shape index (κ3) is 2.70. The molecule has 0 atom stereocenters. The van der Waals surface area contributed by atoms with Crippen LogP contribution in [0.4, 0.5) is 14.5 Å². The van der Waals surface area contributed by atoms with Crippen LogP contribution in [0.2, 0.25) is 0 Å². The van der Waals surface area contributed by atoms with E-state index in [-0.39, 0.29) is 0 Å². The molecule has 0 bridgehead atoms. The monoisotopic (exact) mass is 311 g/mol. The van der Waals surface area contributed by atoms with Gasteiger partial charge in [0.05, 0.1) is 18.6 Å². The Labute approximate surface area is 132 Å². The Morgan fingerprint density at radius 3 is 2.61 bits per heavy atom. The maximum absolute atomic E-state index is 13.5. The lowest BCUT2D eigenvalue weighted by atomic mass is 10.0. The Morgan fingerprint density at radius 1 is 1.04 bits per heavy atom. The topological polar surface area (TPSA) is 31.9 Å². The molecule has 4 rings (SSSR count). The van der Waals surface area contributed by atoms with Crippen LogP contribution in [-0.2, 0) is 13.0 Å². The summed E-state index contributed by atoms with van der Waals surface area (Å²) in [6.07, 6.45) is 4.51. The van der Waals surface area contributed by atoms with Gasteiger partial charge in [-0.1, -0.05) is 12.1 Å². The highest BCUT2D eigenvalue weighted by molar-refractivity contribution is 5.72. The van der Waals surface area contributed by atoms with Crippen LogP contribution in [0.25, 0.3) is 11.1 Å². The molecule has 116 valence electrons. The molecule has 1 aliphatic heterocycles. The molecule has 3 aromatic rings. The van der Waals surface area contributed by atoms with E-state index in [0.717, 1.165) is 42.5 Å². The highest BCUT2D eigenvalue weighted by Crippen LogP contribution is 2.34. The summed E-state index contributed by atoms with van der Waals surface area (Å²) in [4.78, 5) is 9.46. The zero-order valence-corrected chi connectivity index (χ0v) is 12.4. The summed E-state index contributed by atoms with van der Waals surface area (Å²) in [7, 11) is 0. The number of aromatic amines is 1. The minimum Gasteiger partial charge on any atom is -0.365 e. The lowest BCUT2D eigenvalue weighted by Gasteiger charge is -2.19. The number of benzene rings is 2. The maximum atomic E-state index is 13.5. The minimum absolute atomic E-state index is 0.553. The smallest absolute Gasteiger partial charge is 0.126 e. The highest BCUT2D eigenvalue weighted by Gasteiger charge is 2.20. The van der Waals surface area contributed by atoms with Crippen LogP contribution < -0.4 is 4.90 Å². The standard InChI is InChI=1S/C18H15F2N3/c19-15-5-14(6-16(20)8-15)13-2-1-12-3-4-23(18(12)7-13)10-17-9-21-11-22-17/h1-2,5-9,11H,3-4,10H2,(H,21,22). The van der Waals surface area contributed by atoms with Crippen LogP contribution in [0.15, 0.2) is 48.9 Å². The van der Waals surface area contributed by atoms with Gasteiger partial charge in [0.25, 0.3) is 0 Å². The van der Waals surface area contributed by atoms with Crippen molar-refractivity contribution >= 4 is 5.69 Å². The average molecular weight is 311 g/mol. The third-order valence-electron chi connectivity index (χ3n) is 4.18. The fourth-order valence-corrected chi connectivity index (χ4v) is 3.08. The number of nitrogens with one attached hydrogen (secondary N) is 1. The molecule has 0 amide bonds. The van der Waals surface area contributed by atoms with Gasteiger partial charge in [0.2, 0.25) is 0 Å². The van der Waals surface area contributed by atoms with E-state index in [1.807, 2.05) is 24.4 Å². The molecule has 5 heteroatoms. The van der Waals surface area contributed by atoms with E-state index in [1.165, 1.54) is 17.7 Å². The van der Waals surface area contributed by atoms with Gasteiger partial charge in [-0.2, -0.15) is 0 Å². The zero-order valence-electron chi connectivity index (χ0n) is 12.4. The summed E-state index contributed by atoms with van der Waals surface area (Å²) in [6.45, 7) is 1.64. The highest BCUT2D eigenvalue weighted by atomic mass is 19.1. The largest absolute Gasteiger partial charge is 0.365 e. The van der Waals surface area contributed by atoms with Crippen molar-refractivity contribution in [2.24, 2.45) is 0 Å². The predicted octanol–water partition coefficient (Wildman–Crippen LogP) is 3.92. The number of halogens is 2. The second-order valence-corrected chi connectivity index (χ2v) is 5.73. The number of nitrogens with zero attached hydrogens (tertiary/aromatic N) is 2. The molecule has 0 spiro atoms. The van der Waals surface area contributed by atoms with Gasteiger partial charge < -0.3 is 9.88 Å². The molecule has 0 saturated heterocycles.